The van der Waals surface area contributed by atoms with Crippen molar-refractivity contribution < 1.29 is 22.6 Å². The minimum atomic E-state index is -4.64. The molecule has 0 saturated heterocycles. The Kier molecular flexibility index (Phi) is 3.75. The predicted molar refractivity (Wildman–Crippen MR) is 39.3 cm³/mol. The summed E-state index contributed by atoms with van der Waals surface area (Å²) < 4.78 is 46.8. The molecule has 0 aliphatic heterocycles. The summed E-state index contributed by atoms with van der Waals surface area (Å²) in [4.78, 5) is 8.72. The average molecular weight is 205 g/mol. The van der Waals surface area contributed by atoms with Crippen molar-refractivity contribution in [3.8, 4) is 0 Å². The molecule has 0 aromatic heterocycles. The lowest BCUT2D eigenvalue weighted by Gasteiger charge is -2.21. The maximum Gasteiger partial charge on any atom is 0.400 e. The highest BCUT2D eigenvalue weighted by Gasteiger charge is 2.47. The molecule has 0 aliphatic carbocycles. The van der Waals surface area contributed by atoms with Gasteiger partial charge in [-0.2, -0.15) is 13.2 Å². The molecule has 0 bridgehead atoms. The van der Waals surface area contributed by atoms with Crippen LogP contribution in [-0.4, -0.2) is 29.9 Å². The lowest BCUT2D eigenvalue weighted by atomic mass is 10.3. The van der Waals surface area contributed by atoms with Gasteiger partial charge in [0.05, 0.1) is 0 Å². The number of halogens is 3. The third-order valence-electron chi connectivity index (χ3n) is 1.40. The van der Waals surface area contributed by atoms with Gasteiger partial charge >= 0.3 is 6.18 Å². The Hall–Kier alpha value is -0.0600. The Morgan fingerprint density at radius 3 is 2.08 bits per heavy atom. The molecule has 0 spiro atoms. The molecule has 0 fully saturated rings. The first-order valence-electron chi connectivity index (χ1n) is 3.26. The van der Waals surface area contributed by atoms with Crippen LogP contribution in [0.15, 0.2) is 0 Å². The molecule has 2 unspecified atom stereocenters. The monoisotopic (exact) mass is 205 g/mol. The Balaban J connectivity index is 4.57. The minimum Gasteiger partial charge on any atom is -0.344 e. The highest BCUT2D eigenvalue weighted by molar-refractivity contribution is 7.58. The molecule has 0 rings (SSSR count). The van der Waals surface area contributed by atoms with Gasteiger partial charge in [0.15, 0.2) is 0 Å². The quantitative estimate of drug-likeness (QED) is 0.679. The fourth-order valence-electron chi connectivity index (χ4n) is 0.833. The SMILES string of the molecule is CP(=O)(O)C(CCN)C(F)(F)F. The molecular weight excluding hydrogens is 194 g/mol. The van der Waals surface area contributed by atoms with E-state index in [1.165, 1.54) is 0 Å². The van der Waals surface area contributed by atoms with Gasteiger partial charge in [-0.05, 0) is 13.0 Å². The van der Waals surface area contributed by atoms with E-state index < -0.39 is 25.6 Å². The standard InChI is InChI=1S/C5H11F3NO2P/c1-12(10,11)4(2-3-9)5(6,7)8/h4H,2-3,9H2,1H3,(H,10,11). The molecule has 74 valence electrons. The summed E-state index contributed by atoms with van der Waals surface area (Å²) in [7, 11) is -4.12. The fourth-order valence-corrected chi connectivity index (χ4v) is 2.00. The van der Waals surface area contributed by atoms with Gasteiger partial charge < -0.3 is 10.6 Å². The molecule has 0 aliphatic rings. The molecule has 12 heavy (non-hydrogen) atoms. The first-order chi connectivity index (χ1) is 5.19. The Morgan fingerprint density at radius 2 is 2.00 bits per heavy atom. The first kappa shape index (κ1) is 11.9. The van der Waals surface area contributed by atoms with Crippen LogP contribution in [0.3, 0.4) is 0 Å². The van der Waals surface area contributed by atoms with Crippen molar-refractivity contribution >= 4 is 7.37 Å². The maximum atomic E-state index is 12.0. The van der Waals surface area contributed by atoms with Crippen LogP contribution < -0.4 is 5.73 Å². The van der Waals surface area contributed by atoms with Crippen molar-refractivity contribution in [2.45, 2.75) is 18.3 Å². The summed E-state index contributed by atoms with van der Waals surface area (Å²) in [6, 6.07) is 0. The molecule has 0 saturated carbocycles. The summed E-state index contributed by atoms with van der Waals surface area (Å²) >= 11 is 0. The van der Waals surface area contributed by atoms with Crippen molar-refractivity contribution in [2.75, 3.05) is 13.2 Å². The minimum absolute atomic E-state index is 0.247. The summed E-state index contributed by atoms with van der Waals surface area (Å²) in [6.45, 7) is 0.448. The van der Waals surface area contributed by atoms with Crippen LogP contribution >= 0.6 is 7.37 Å². The summed E-state index contributed by atoms with van der Waals surface area (Å²) in [5.74, 6) is 0. The van der Waals surface area contributed by atoms with Gasteiger partial charge in [-0.3, -0.25) is 4.57 Å². The second-order valence-corrected chi connectivity index (χ2v) is 5.09. The van der Waals surface area contributed by atoms with Crippen LogP contribution in [0.25, 0.3) is 0 Å². The van der Waals surface area contributed by atoms with Gasteiger partial charge in [0, 0.05) is 6.66 Å². The molecule has 0 aromatic rings. The molecule has 7 heteroatoms. The predicted octanol–water partition coefficient (Wildman–Crippen LogP) is 1.17. The van der Waals surface area contributed by atoms with Crippen LogP contribution in [0.1, 0.15) is 6.42 Å². The molecule has 0 amide bonds. The number of rotatable bonds is 3. The molecule has 3 nitrogen and oxygen atoms in total. The number of hydrogen-bond acceptors (Lipinski definition) is 2. The van der Waals surface area contributed by atoms with E-state index in [2.05, 4.69) is 0 Å². The molecular formula is C5H11F3NO2P. The molecule has 0 heterocycles. The van der Waals surface area contributed by atoms with Crippen LogP contribution in [0.4, 0.5) is 13.2 Å². The summed E-state index contributed by atoms with van der Waals surface area (Å²) in [5.41, 5.74) is 2.71. The summed E-state index contributed by atoms with van der Waals surface area (Å²) in [6.07, 6.45) is -5.15. The van der Waals surface area contributed by atoms with E-state index in [9.17, 15) is 17.7 Å². The van der Waals surface area contributed by atoms with Gasteiger partial charge in [0.1, 0.15) is 5.66 Å². The zero-order valence-corrected chi connectivity index (χ0v) is 7.40. The Labute approximate surface area is 68.2 Å². The van der Waals surface area contributed by atoms with Crippen molar-refractivity contribution in [1.82, 2.24) is 0 Å². The topological polar surface area (TPSA) is 63.3 Å². The van der Waals surface area contributed by atoms with E-state index in [0.29, 0.717) is 6.66 Å². The van der Waals surface area contributed by atoms with Crippen LogP contribution in [0, 0.1) is 0 Å². The Bertz CT molecular complexity index is 188. The van der Waals surface area contributed by atoms with Crippen LogP contribution in [0.2, 0.25) is 0 Å². The van der Waals surface area contributed by atoms with E-state index in [0.717, 1.165) is 0 Å². The number of nitrogens with two attached hydrogens (primary N) is 1. The largest absolute Gasteiger partial charge is 0.400 e. The van der Waals surface area contributed by atoms with Crippen molar-refractivity contribution in [3.63, 3.8) is 0 Å². The highest BCUT2D eigenvalue weighted by atomic mass is 31.2. The third kappa shape index (κ3) is 3.56. The van der Waals surface area contributed by atoms with E-state index in [1.807, 2.05) is 0 Å². The van der Waals surface area contributed by atoms with Crippen LogP contribution in [0.5, 0.6) is 0 Å². The fraction of sp³-hybridized carbons (Fsp3) is 1.00. The van der Waals surface area contributed by atoms with Crippen molar-refractivity contribution in [3.05, 3.63) is 0 Å². The zero-order chi connectivity index (χ0) is 9.99. The van der Waals surface area contributed by atoms with Crippen molar-refractivity contribution in [1.29, 1.82) is 0 Å². The third-order valence-corrected chi connectivity index (χ3v) is 3.10. The van der Waals surface area contributed by atoms with E-state index >= 15 is 0 Å². The lowest BCUT2D eigenvalue weighted by molar-refractivity contribution is -0.132. The zero-order valence-electron chi connectivity index (χ0n) is 6.51. The lowest BCUT2D eigenvalue weighted by Crippen LogP contribution is -2.30. The first-order valence-corrected chi connectivity index (χ1v) is 5.44. The normalized spacial score (nSPS) is 20.2. The van der Waals surface area contributed by atoms with E-state index in [1.54, 1.807) is 0 Å². The average Bonchev–Trinajstić information content (AvgIpc) is 1.77. The van der Waals surface area contributed by atoms with Gasteiger partial charge in [0.25, 0.3) is 0 Å². The molecule has 2 atom stereocenters. The number of alkyl halides is 3. The smallest absolute Gasteiger partial charge is 0.344 e. The van der Waals surface area contributed by atoms with Gasteiger partial charge in [-0.15, -0.1) is 0 Å². The second-order valence-electron chi connectivity index (χ2n) is 2.58. The van der Waals surface area contributed by atoms with Crippen molar-refractivity contribution in [2.24, 2.45) is 5.73 Å². The number of hydrogen-bond donors (Lipinski definition) is 2. The van der Waals surface area contributed by atoms with Gasteiger partial charge in [-0.25, -0.2) is 0 Å². The Morgan fingerprint density at radius 1 is 1.58 bits per heavy atom. The highest BCUT2D eigenvalue weighted by Crippen LogP contribution is 2.50. The second kappa shape index (κ2) is 3.77. The van der Waals surface area contributed by atoms with E-state index in [-0.39, 0.29) is 6.54 Å². The summed E-state index contributed by atoms with van der Waals surface area (Å²) in [5, 5.41) is 0. The van der Waals surface area contributed by atoms with Gasteiger partial charge in [0.2, 0.25) is 7.37 Å². The molecule has 3 N–H and O–H groups in total. The maximum absolute atomic E-state index is 12.0. The molecule has 0 radical (unpaired) electrons. The van der Waals surface area contributed by atoms with E-state index in [4.69, 9.17) is 10.6 Å². The molecule has 0 aromatic carbocycles. The van der Waals surface area contributed by atoms with Crippen LogP contribution in [-0.2, 0) is 4.57 Å². The van der Waals surface area contributed by atoms with Gasteiger partial charge in [-0.1, -0.05) is 0 Å².